The van der Waals surface area contributed by atoms with E-state index >= 15 is 0 Å². The number of ether oxygens (including phenoxy) is 3. The molecular weight excluding hydrogens is 352 g/mol. The lowest BCUT2D eigenvalue weighted by Crippen LogP contribution is -2.44. The molecule has 158 valence electrons. The van der Waals surface area contributed by atoms with Gasteiger partial charge in [-0.1, -0.05) is 12.1 Å². The van der Waals surface area contributed by atoms with Gasteiger partial charge < -0.3 is 24.0 Å². The molecule has 0 aromatic heterocycles. The van der Waals surface area contributed by atoms with Crippen molar-refractivity contribution in [3.05, 3.63) is 29.8 Å². The number of rotatable bonds is 11. The van der Waals surface area contributed by atoms with Crippen molar-refractivity contribution >= 4 is 0 Å². The van der Waals surface area contributed by atoms with Crippen LogP contribution in [-0.4, -0.2) is 83.1 Å². The smallest absolute Gasteiger partial charge is 0.119 e. The fourth-order valence-corrected chi connectivity index (χ4v) is 4.53. The van der Waals surface area contributed by atoms with Gasteiger partial charge in [0, 0.05) is 45.4 Å². The van der Waals surface area contributed by atoms with Crippen LogP contribution in [0.15, 0.2) is 24.3 Å². The van der Waals surface area contributed by atoms with Crippen LogP contribution in [0.3, 0.4) is 0 Å². The first kappa shape index (κ1) is 21.6. The molecule has 5 nitrogen and oxygen atoms in total. The molecule has 0 N–H and O–H groups in total. The highest BCUT2D eigenvalue weighted by molar-refractivity contribution is 5.33. The number of likely N-dealkylation sites (tertiary alicyclic amines) is 1. The van der Waals surface area contributed by atoms with E-state index in [1.54, 1.807) is 7.11 Å². The normalized spacial score (nSPS) is 20.0. The highest BCUT2D eigenvalue weighted by Crippen LogP contribution is 2.36. The first-order chi connectivity index (χ1) is 13.7. The minimum atomic E-state index is 0.162. The van der Waals surface area contributed by atoms with Crippen molar-refractivity contribution < 1.29 is 14.2 Å². The van der Waals surface area contributed by atoms with E-state index in [2.05, 4.69) is 41.1 Å². The summed E-state index contributed by atoms with van der Waals surface area (Å²) in [6, 6.07) is 8.84. The molecule has 0 unspecified atom stereocenters. The van der Waals surface area contributed by atoms with Crippen molar-refractivity contribution in [2.75, 3.05) is 73.3 Å². The van der Waals surface area contributed by atoms with Gasteiger partial charge in [-0.15, -0.1) is 0 Å². The van der Waals surface area contributed by atoms with Crippen molar-refractivity contribution in [2.24, 2.45) is 0 Å². The molecule has 0 aliphatic carbocycles. The van der Waals surface area contributed by atoms with Crippen LogP contribution in [0.2, 0.25) is 0 Å². The molecule has 2 aliphatic rings. The monoisotopic (exact) mass is 390 g/mol. The topological polar surface area (TPSA) is 34.2 Å². The van der Waals surface area contributed by atoms with Crippen molar-refractivity contribution in [3.8, 4) is 5.75 Å². The Morgan fingerprint density at radius 2 is 1.79 bits per heavy atom. The summed E-state index contributed by atoms with van der Waals surface area (Å²) in [5.41, 5.74) is 1.57. The van der Waals surface area contributed by atoms with E-state index < -0.39 is 0 Å². The first-order valence-corrected chi connectivity index (χ1v) is 10.9. The lowest BCUT2D eigenvalue weighted by Gasteiger charge is -2.40. The molecule has 0 bridgehead atoms. The van der Waals surface area contributed by atoms with E-state index in [4.69, 9.17) is 14.2 Å². The molecule has 2 heterocycles. The number of hydrogen-bond acceptors (Lipinski definition) is 5. The second-order valence-corrected chi connectivity index (χ2v) is 8.40. The quantitative estimate of drug-likeness (QED) is 0.542. The molecule has 0 atom stereocenters. The summed E-state index contributed by atoms with van der Waals surface area (Å²) in [5, 5.41) is 0. The fraction of sp³-hybridized carbons (Fsp3) is 0.739. The second kappa shape index (κ2) is 11.1. The summed E-state index contributed by atoms with van der Waals surface area (Å²) in [7, 11) is 3.95. The van der Waals surface area contributed by atoms with E-state index in [1.165, 1.54) is 31.5 Å². The van der Waals surface area contributed by atoms with Gasteiger partial charge >= 0.3 is 0 Å². The van der Waals surface area contributed by atoms with Gasteiger partial charge in [0.2, 0.25) is 0 Å². The van der Waals surface area contributed by atoms with Gasteiger partial charge in [0.25, 0.3) is 0 Å². The van der Waals surface area contributed by atoms with Crippen molar-refractivity contribution in [2.45, 2.75) is 37.5 Å². The zero-order valence-electron chi connectivity index (χ0n) is 17.8. The SMILES string of the molecule is COCCN(C)CC1(c2ccc(OCCCN3CCCC3)cc2)CCOCC1. The summed E-state index contributed by atoms with van der Waals surface area (Å²) >= 11 is 0. The number of nitrogens with zero attached hydrogens (tertiary/aromatic N) is 2. The molecule has 3 rings (SSSR count). The van der Waals surface area contributed by atoms with E-state index in [9.17, 15) is 0 Å². The Hall–Kier alpha value is -1.14. The highest BCUT2D eigenvalue weighted by Gasteiger charge is 2.35. The predicted octanol–water partition coefficient (Wildman–Crippen LogP) is 3.18. The highest BCUT2D eigenvalue weighted by atomic mass is 16.5. The van der Waals surface area contributed by atoms with Gasteiger partial charge in [-0.3, -0.25) is 0 Å². The molecule has 0 saturated carbocycles. The van der Waals surface area contributed by atoms with Gasteiger partial charge in [0.1, 0.15) is 5.75 Å². The van der Waals surface area contributed by atoms with Crippen LogP contribution >= 0.6 is 0 Å². The standard InChI is InChI=1S/C23H38N2O3/c1-24(15-19-26-2)20-23(10-17-27-18-11-23)21-6-8-22(9-7-21)28-16-5-14-25-12-3-4-13-25/h6-9H,3-5,10-20H2,1-2H3. The maximum absolute atomic E-state index is 6.00. The zero-order valence-corrected chi connectivity index (χ0v) is 17.8. The van der Waals surface area contributed by atoms with Gasteiger partial charge in [0.05, 0.1) is 13.2 Å². The largest absolute Gasteiger partial charge is 0.494 e. The van der Waals surface area contributed by atoms with E-state index in [0.29, 0.717) is 0 Å². The fourth-order valence-electron chi connectivity index (χ4n) is 4.53. The maximum Gasteiger partial charge on any atom is 0.119 e. The number of hydrogen-bond donors (Lipinski definition) is 0. The molecule has 28 heavy (non-hydrogen) atoms. The van der Waals surface area contributed by atoms with Crippen LogP contribution < -0.4 is 4.74 Å². The molecule has 1 aromatic rings. The first-order valence-electron chi connectivity index (χ1n) is 10.9. The van der Waals surface area contributed by atoms with Crippen molar-refractivity contribution in [3.63, 3.8) is 0 Å². The van der Waals surface area contributed by atoms with E-state index in [-0.39, 0.29) is 5.41 Å². The average molecular weight is 391 g/mol. The Labute approximate surface area is 170 Å². The summed E-state index contributed by atoms with van der Waals surface area (Å²) in [4.78, 5) is 4.93. The van der Waals surface area contributed by atoms with Crippen molar-refractivity contribution in [1.82, 2.24) is 9.80 Å². The third kappa shape index (κ3) is 6.18. The number of likely N-dealkylation sites (N-methyl/N-ethyl adjacent to an activating group) is 1. The van der Waals surface area contributed by atoms with Gasteiger partial charge in [-0.25, -0.2) is 0 Å². The zero-order chi connectivity index (χ0) is 19.7. The number of methoxy groups -OCH3 is 1. The van der Waals surface area contributed by atoms with Crippen LogP contribution in [-0.2, 0) is 14.9 Å². The predicted molar refractivity (Wildman–Crippen MR) is 113 cm³/mol. The Bertz CT molecular complexity index is 551. The summed E-state index contributed by atoms with van der Waals surface area (Å²) in [6.45, 7) is 8.93. The third-order valence-corrected chi connectivity index (χ3v) is 6.25. The van der Waals surface area contributed by atoms with Crippen LogP contribution in [0.5, 0.6) is 5.75 Å². The molecule has 0 radical (unpaired) electrons. The van der Waals surface area contributed by atoms with Crippen molar-refractivity contribution in [1.29, 1.82) is 0 Å². The van der Waals surface area contributed by atoms with Gasteiger partial charge in [-0.05, 0) is 69.9 Å². The van der Waals surface area contributed by atoms with Crippen LogP contribution in [0.1, 0.15) is 37.7 Å². The van der Waals surface area contributed by atoms with Crippen LogP contribution in [0.25, 0.3) is 0 Å². The van der Waals surface area contributed by atoms with E-state index in [1.807, 2.05) is 0 Å². The minimum absolute atomic E-state index is 0.162. The average Bonchev–Trinajstić information content (AvgIpc) is 3.24. The third-order valence-electron chi connectivity index (χ3n) is 6.25. The Morgan fingerprint density at radius 3 is 2.46 bits per heavy atom. The molecule has 2 fully saturated rings. The molecular formula is C23H38N2O3. The second-order valence-electron chi connectivity index (χ2n) is 8.40. The molecule has 5 heteroatoms. The minimum Gasteiger partial charge on any atom is -0.494 e. The summed E-state index contributed by atoms with van der Waals surface area (Å²) in [5.74, 6) is 0.986. The van der Waals surface area contributed by atoms with Crippen LogP contribution in [0.4, 0.5) is 0 Å². The van der Waals surface area contributed by atoms with Crippen LogP contribution in [0, 0.1) is 0 Å². The molecule has 0 amide bonds. The Balaban J connectivity index is 1.53. The Kier molecular flexibility index (Phi) is 8.59. The van der Waals surface area contributed by atoms with Gasteiger partial charge in [0.15, 0.2) is 0 Å². The molecule has 2 aliphatic heterocycles. The molecule has 0 spiro atoms. The van der Waals surface area contributed by atoms with E-state index in [0.717, 1.165) is 71.1 Å². The summed E-state index contributed by atoms with van der Waals surface area (Å²) in [6.07, 6.45) is 5.96. The maximum atomic E-state index is 6.00. The molecule has 1 aromatic carbocycles. The number of benzene rings is 1. The summed E-state index contributed by atoms with van der Waals surface area (Å²) < 4.78 is 16.9. The molecule has 2 saturated heterocycles. The van der Waals surface area contributed by atoms with Gasteiger partial charge in [-0.2, -0.15) is 0 Å². The lowest BCUT2D eigenvalue weighted by molar-refractivity contribution is 0.0341. The lowest BCUT2D eigenvalue weighted by atomic mass is 9.73. The Morgan fingerprint density at radius 1 is 1.07 bits per heavy atom.